The van der Waals surface area contributed by atoms with Crippen LogP contribution >= 0.6 is 0 Å². The lowest BCUT2D eigenvalue weighted by molar-refractivity contribution is 0.0600. The maximum absolute atomic E-state index is 12.7. The van der Waals surface area contributed by atoms with Gasteiger partial charge in [-0.2, -0.15) is 4.31 Å². The quantitative estimate of drug-likeness (QED) is 0.764. The van der Waals surface area contributed by atoms with Crippen molar-refractivity contribution in [1.29, 1.82) is 0 Å². The van der Waals surface area contributed by atoms with Crippen LogP contribution in [0.3, 0.4) is 0 Å². The van der Waals surface area contributed by atoms with Crippen molar-refractivity contribution in [2.24, 2.45) is 0 Å². The van der Waals surface area contributed by atoms with E-state index in [0.29, 0.717) is 18.5 Å². The molecule has 7 heteroatoms. The fourth-order valence-corrected chi connectivity index (χ4v) is 3.75. The van der Waals surface area contributed by atoms with Gasteiger partial charge in [-0.05, 0) is 31.0 Å². The number of hydrogen-bond donors (Lipinski definition) is 1. The van der Waals surface area contributed by atoms with E-state index in [-0.39, 0.29) is 23.6 Å². The molecule has 0 spiro atoms. The SMILES string of the molecule is CCCN(CCO)S(=O)(=O)c1cc(C(=O)OC)ccc1C. The van der Waals surface area contributed by atoms with E-state index in [0.717, 1.165) is 0 Å². The zero-order valence-corrected chi connectivity index (χ0v) is 13.3. The molecule has 1 rings (SSSR count). The first kappa shape index (κ1) is 17.6. The van der Waals surface area contributed by atoms with Crippen LogP contribution in [0.25, 0.3) is 0 Å². The molecule has 21 heavy (non-hydrogen) atoms. The van der Waals surface area contributed by atoms with Gasteiger partial charge in [0.1, 0.15) is 0 Å². The van der Waals surface area contributed by atoms with Crippen LogP contribution in [0.15, 0.2) is 23.1 Å². The van der Waals surface area contributed by atoms with E-state index in [2.05, 4.69) is 4.74 Å². The first-order valence-electron chi connectivity index (χ1n) is 6.68. The number of aryl methyl sites for hydroxylation is 1. The van der Waals surface area contributed by atoms with E-state index >= 15 is 0 Å². The van der Waals surface area contributed by atoms with E-state index in [1.807, 2.05) is 6.92 Å². The van der Waals surface area contributed by atoms with Crippen LogP contribution in [0.1, 0.15) is 29.3 Å². The van der Waals surface area contributed by atoms with E-state index in [1.54, 1.807) is 13.0 Å². The first-order valence-corrected chi connectivity index (χ1v) is 8.12. The van der Waals surface area contributed by atoms with Crippen molar-refractivity contribution in [3.05, 3.63) is 29.3 Å². The number of aliphatic hydroxyl groups excluding tert-OH is 1. The molecule has 0 saturated carbocycles. The van der Waals surface area contributed by atoms with Crippen LogP contribution in [0.4, 0.5) is 0 Å². The van der Waals surface area contributed by atoms with Gasteiger partial charge in [-0.25, -0.2) is 13.2 Å². The minimum atomic E-state index is -3.75. The molecule has 0 aliphatic carbocycles. The predicted octanol–water partition coefficient (Wildman–Crippen LogP) is 1.17. The van der Waals surface area contributed by atoms with Crippen molar-refractivity contribution in [3.63, 3.8) is 0 Å². The number of hydrogen-bond acceptors (Lipinski definition) is 5. The molecule has 0 amide bonds. The Morgan fingerprint density at radius 2 is 2.00 bits per heavy atom. The summed E-state index contributed by atoms with van der Waals surface area (Å²) in [4.78, 5) is 11.6. The minimum absolute atomic E-state index is 0.0259. The number of benzene rings is 1. The number of aliphatic hydroxyl groups is 1. The molecule has 1 aromatic carbocycles. The summed E-state index contributed by atoms with van der Waals surface area (Å²) in [5.41, 5.74) is 0.726. The number of carbonyl (C=O) groups is 1. The van der Waals surface area contributed by atoms with Crippen molar-refractivity contribution in [1.82, 2.24) is 4.31 Å². The molecule has 0 radical (unpaired) electrons. The predicted molar refractivity (Wildman–Crippen MR) is 78.7 cm³/mol. The summed E-state index contributed by atoms with van der Waals surface area (Å²) < 4.78 is 31.1. The fourth-order valence-electron chi connectivity index (χ4n) is 1.98. The average molecular weight is 315 g/mol. The van der Waals surface area contributed by atoms with Gasteiger partial charge in [0.25, 0.3) is 0 Å². The van der Waals surface area contributed by atoms with Crippen LogP contribution in [-0.4, -0.2) is 50.6 Å². The van der Waals surface area contributed by atoms with E-state index in [4.69, 9.17) is 5.11 Å². The minimum Gasteiger partial charge on any atom is -0.465 e. The van der Waals surface area contributed by atoms with Gasteiger partial charge in [0.05, 0.1) is 24.2 Å². The van der Waals surface area contributed by atoms with E-state index in [1.165, 1.54) is 23.5 Å². The lowest BCUT2D eigenvalue weighted by atomic mass is 10.1. The Bertz CT molecular complexity index is 591. The molecule has 0 atom stereocenters. The normalized spacial score (nSPS) is 11.7. The number of carbonyl (C=O) groups excluding carboxylic acids is 1. The Kier molecular flexibility index (Phi) is 6.32. The van der Waals surface area contributed by atoms with Crippen LogP contribution in [0, 0.1) is 6.92 Å². The number of rotatable bonds is 7. The highest BCUT2D eigenvalue weighted by atomic mass is 32.2. The molecule has 0 aliphatic heterocycles. The second kappa shape index (κ2) is 7.53. The summed E-state index contributed by atoms with van der Waals surface area (Å²) in [5.74, 6) is -0.587. The molecule has 0 bridgehead atoms. The van der Waals surface area contributed by atoms with Crippen LogP contribution in [-0.2, 0) is 14.8 Å². The Morgan fingerprint density at radius 1 is 1.33 bits per heavy atom. The molecule has 0 aromatic heterocycles. The Hall–Kier alpha value is -1.44. The highest BCUT2D eigenvalue weighted by molar-refractivity contribution is 7.89. The van der Waals surface area contributed by atoms with E-state index in [9.17, 15) is 13.2 Å². The monoisotopic (exact) mass is 315 g/mol. The van der Waals surface area contributed by atoms with Gasteiger partial charge >= 0.3 is 5.97 Å². The Balaban J connectivity index is 3.31. The van der Waals surface area contributed by atoms with Crippen LogP contribution in [0.5, 0.6) is 0 Å². The second-order valence-electron chi connectivity index (χ2n) is 4.60. The largest absolute Gasteiger partial charge is 0.465 e. The standard InChI is InChI=1S/C14H21NO5S/c1-4-7-15(8-9-16)21(18,19)13-10-12(14(17)20-3)6-5-11(13)2/h5-6,10,16H,4,7-9H2,1-3H3. The number of esters is 1. The number of ether oxygens (including phenoxy) is 1. The van der Waals surface area contributed by atoms with Gasteiger partial charge < -0.3 is 9.84 Å². The molecule has 1 aromatic rings. The highest BCUT2D eigenvalue weighted by Crippen LogP contribution is 2.22. The summed E-state index contributed by atoms with van der Waals surface area (Å²) in [5, 5.41) is 9.04. The van der Waals surface area contributed by atoms with Gasteiger partial charge in [0, 0.05) is 13.1 Å². The third-order valence-corrected chi connectivity index (χ3v) is 5.09. The number of sulfonamides is 1. The first-order chi connectivity index (χ1) is 9.88. The van der Waals surface area contributed by atoms with Crippen molar-refractivity contribution in [2.45, 2.75) is 25.2 Å². The molecular weight excluding hydrogens is 294 g/mol. The molecule has 0 unspecified atom stereocenters. The smallest absolute Gasteiger partial charge is 0.337 e. The topological polar surface area (TPSA) is 83.9 Å². The van der Waals surface area contributed by atoms with Gasteiger partial charge in [0.2, 0.25) is 10.0 Å². The molecule has 1 N–H and O–H groups in total. The maximum atomic E-state index is 12.7. The third-order valence-electron chi connectivity index (χ3n) is 3.05. The second-order valence-corrected chi connectivity index (χ2v) is 6.51. The lowest BCUT2D eigenvalue weighted by Crippen LogP contribution is -2.34. The lowest BCUT2D eigenvalue weighted by Gasteiger charge is -2.22. The van der Waals surface area contributed by atoms with E-state index < -0.39 is 16.0 Å². The average Bonchev–Trinajstić information content (AvgIpc) is 2.46. The summed E-state index contributed by atoms with van der Waals surface area (Å²) in [6.45, 7) is 3.60. The van der Waals surface area contributed by atoms with Gasteiger partial charge in [-0.15, -0.1) is 0 Å². The zero-order valence-electron chi connectivity index (χ0n) is 12.5. The van der Waals surface area contributed by atoms with Crippen LogP contribution in [0.2, 0.25) is 0 Å². The van der Waals surface area contributed by atoms with Crippen molar-refractivity contribution in [2.75, 3.05) is 26.8 Å². The Labute approximate surface area is 125 Å². The summed E-state index contributed by atoms with van der Waals surface area (Å²) in [6.07, 6.45) is 0.634. The van der Waals surface area contributed by atoms with Crippen molar-refractivity contribution >= 4 is 16.0 Å². The van der Waals surface area contributed by atoms with Gasteiger partial charge in [-0.3, -0.25) is 0 Å². The highest BCUT2D eigenvalue weighted by Gasteiger charge is 2.26. The maximum Gasteiger partial charge on any atom is 0.337 e. The Morgan fingerprint density at radius 3 is 2.52 bits per heavy atom. The third kappa shape index (κ3) is 4.03. The van der Waals surface area contributed by atoms with Crippen molar-refractivity contribution in [3.8, 4) is 0 Å². The van der Waals surface area contributed by atoms with Gasteiger partial charge in [0.15, 0.2) is 0 Å². The summed E-state index contributed by atoms with van der Waals surface area (Å²) in [6, 6.07) is 4.41. The molecule has 6 nitrogen and oxygen atoms in total. The molecule has 0 aliphatic rings. The molecule has 0 saturated heterocycles. The zero-order chi connectivity index (χ0) is 16.0. The molecular formula is C14H21NO5S. The van der Waals surface area contributed by atoms with Crippen LogP contribution < -0.4 is 0 Å². The number of methoxy groups -OCH3 is 1. The van der Waals surface area contributed by atoms with Crippen molar-refractivity contribution < 1.29 is 23.1 Å². The molecule has 118 valence electrons. The fraction of sp³-hybridized carbons (Fsp3) is 0.500. The molecule has 0 heterocycles. The summed E-state index contributed by atoms with van der Waals surface area (Å²) >= 11 is 0. The number of nitrogens with zero attached hydrogens (tertiary/aromatic N) is 1. The molecule has 0 fully saturated rings. The summed E-state index contributed by atoms with van der Waals surface area (Å²) in [7, 11) is -2.51. The van der Waals surface area contributed by atoms with Gasteiger partial charge in [-0.1, -0.05) is 13.0 Å².